The van der Waals surface area contributed by atoms with E-state index in [4.69, 9.17) is 10.5 Å². The Morgan fingerprint density at radius 1 is 1.65 bits per heavy atom. The molecule has 4 nitrogen and oxygen atoms in total. The summed E-state index contributed by atoms with van der Waals surface area (Å²) in [5, 5.41) is 2.33. The molecule has 0 aliphatic heterocycles. The Labute approximate surface area is 110 Å². The largest absolute Gasteiger partial charge is 0.461 e. The third-order valence-corrected chi connectivity index (χ3v) is 4.14. The maximum absolute atomic E-state index is 11.4. The lowest BCUT2D eigenvalue weighted by Crippen LogP contribution is -2.21. The highest BCUT2D eigenvalue weighted by atomic mass is 32.2. The number of thiazole rings is 1. The predicted molar refractivity (Wildman–Crippen MR) is 72.5 cm³/mol. The second kappa shape index (κ2) is 7.68. The van der Waals surface area contributed by atoms with E-state index in [0.29, 0.717) is 11.6 Å². The SMILES string of the molecule is CCOC(=O)c1nc(CSCC(N)CC)cs1. The molecule has 0 aromatic carbocycles. The molecule has 1 aromatic rings. The zero-order valence-corrected chi connectivity index (χ0v) is 11.8. The van der Waals surface area contributed by atoms with Crippen LogP contribution in [-0.2, 0) is 10.5 Å². The van der Waals surface area contributed by atoms with E-state index in [-0.39, 0.29) is 12.0 Å². The van der Waals surface area contributed by atoms with Crippen LogP contribution in [0.4, 0.5) is 0 Å². The number of ether oxygens (including phenoxy) is 1. The summed E-state index contributed by atoms with van der Waals surface area (Å²) in [4.78, 5) is 15.6. The number of carbonyl (C=O) groups is 1. The molecule has 1 aromatic heterocycles. The number of rotatable bonds is 7. The van der Waals surface area contributed by atoms with Crippen LogP contribution in [-0.4, -0.2) is 29.4 Å². The molecular weight excluding hydrogens is 256 g/mol. The van der Waals surface area contributed by atoms with E-state index in [9.17, 15) is 4.79 Å². The molecule has 1 rings (SSSR count). The lowest BCUT2D eigenvalue weighted by atomic mass is 10.3. The first-order valence-corrected chi connectivity index (χ1v) is 7.65. The highest BCUT2D eigenvalue weighted by Gasteiger charge is 2.11. The Bertz CT molecular complexity index is 355. The van der Waals surface area contributed by atoms with Crippen molar-refractivity contribution in [3.63, 3.8) is 0 Å². The average molecular weight is 274 g/mol. The molecule has 0 saturated heterocycles. The zero-order valence-electron chi connectivity index (χ0n) is 10.1. The van der Waals surface area contributed by atoms with Crippen LogP contribution in [0.25, 0.3) is 0 Å². The number of nitrogens with two attached hydrogens (primary N) is 1. The Hall–Kier alpha value is -0.590. The van der Waals surface area contributed by atoms with Crippen molar-refractivity contribution in [2.45, 2.75) is 32.1 Å². The summed E-state index contributed by atoms with van der Waals surface area (Å²) >= 11 is 3.08. The number of aromatic nitrogens is 1. The van der Waals surface area contributed by atoms with E-state index >= 15 is 0 Å². The van der Waals surface area contributed by atoms with Gasteiger partial charge in [0.15, 0.2) is 0 Å². The van der Waals surface area contributed by atoms with Crippen LogP contribution in [0.2, 0.25) is 0 Å². The molecule has 6 heteroatoms. The fraction of sp³-hybridized carbons (Fsp3) is 0.636. The van der Waals surface area contributed by atoms with Gasteiger partial charge in [-0.3, -0.25) is 0 Å². The molecule has 0 radical (unpaired) electrons. The van der Waals surface area contributed by atoms with E-state index in [2.05, 4.69) is 11.9 Å². The molecule has 96 valence electrons. The van der Waals surface area contributed by atoms with Crippen molar-refractivity contribution in [1.29, 1.82) is 0 Å². The van der Waals surface area contributed by atoms with Crippen molar-refractivity contribution in [3.8, 4) is 0 Å². The Kier molecular flexibility index (Phi) is 6.54. The summed E-state index contributed by atoms with van der Waals surface area (Å²) in [6.07, 6.45) is 0.984. The summed E-state index contributed by atoms with van der Waals surface area (Å²) in [7, 11) is 0. The second-order valence-corrected chi connectivity index (χ2v) is 5.44. The number of hydrogen-bond donors (Lipinski definition) is 1. The smallest absolute Gasteiger partial charge is 0.367 e. The van der Waals surface area contributed by atoms with Gasteiger partial charge in [0.2, 0.25) is 5.01 Å². The first kappa shape index (κ1) is 14.5. The van der Waals surface area contributed by atoms with Gasteiger partial charge >= 0.3 is 5.97 Å². The number of nitrogens with zero attached hydrogens (tertiary/aromatic N) is 1. The molecular formula is C11H18N2O2S2. The highest BCUT2D eigenvalue weighted by molar-refractivity contribution is 7.98. The van der Waals surface area contributed by atoms with Gasteiger partial charge < -0.3 is 10.5 Å². The van der Waals surface area contributed by atoms with Crippen molar-refractivity contribution in [1.82, 2.24) is 4.98 Å². The first-order chi connectivity index (χ1) is 8.17. The standard InChI is InChI=1S/C11H18N2O2S2/c1-3-8(12)5-16-6-9-7-17-10(13-9)11(14)15-4-2/h7-8H,3-6,12H2,1-2H3. The molecule has 17 heavy (non-hydrogen) atoms. The van der Waals surface area contributed by atoms with E-state index < -0.39 is 0 Å². The third-order valence-electron chi connectivity index (χ3n) is 2.11. The highest BCUT2D eigenvalue weighted by Crippen LogP contribution is 2.17. The maximum Gasteiger partial charge on any atom is 0.367 e. The van der Waals surface area contributed by atoms with Crippen LogP contribution < -0.4 is 5.73 Å². The minimum atomic E-state index is -0.334. The van der Waals surface area contributed by atoms with Gasteiger partial charge in [-0.25, -0.2) is 9.78 Å². The third kappa shape index (κ3) is 5.06. The summed E-state index contributed by atoms with van der Waals surface area (Å²) < 4.78 is 4.88. The average Bonchev–Trinajstić information content (AvgIpc) is 2.78. The first-order valence-electron chi connectivity index (χ1n) is 5.62. The van der Waals surface area contributed by atoms with Crippen LogP contribution in [0.3, 0.4) is 0 Å². The number of hydrogen-bond acceptors (Lipinski definition) is 6. The van der Waals surface area contributed by atoms with E-state index in [1.807, 2.05) is 5.38 Å². The van der Waals surface area contributed by atoms with Crippen molar-refractivity contribution >= 4 is 29.1 Å². The van der Waals surface area contributed by atoms with Crippen molar-refractivity contribution in [2.24, 2.45) is 5.73 Å². The van der Waals surface area contributed by atoms with Crippen LogP contribution in [0.1, 0.15) is 35.8 Å². The summed E-state index contributed by atoms with van der Waals surface area (Å²) in [5.41, 5.74) is 6.74. The Balaban J connectivity index is 2.38. The lowest BCUT2D eigenvalue weighted by molar-refractivity contribution is 0.0525. The topological polar surface area (TPSA) is 65.2 Å². The molecule has 0 aliphatic rings. The number of thioether (sulfide) groups is 1. The molecule has 0 fully saturated rings. The summed E-state index contributed by atoms with van der Waals surface area (Å²) in [6, 6.07) is 0.239. The molecule has 0 spiro atoms. The minimum absolute atomic E-state index is 0.239. The van der Waals surface area contributed by atoms with Gasteiger partial charge in [-0.2, -0.15) is 11.8 Å². The Morgan fingerprint density at radius 3 is 3.06 bits per heavy atom. The molecule has 0 bridgehead atoms. The second-order valence-electron chi connectivity index (χ2n) is 3.55. The maximum atomic E-state index is 11.4. The quantitative estimate of drug-likeness (QED) is 0.773. The van der Waals surface area contributed by atoms with Crippen LogP contribution in [0.15, 0.2) is 5.38 Å². The summed E-state index contributed by atoms with van der Waals surface area (Å²) in [5.74, 6) is 1.38. The molecule has 1 heterocycles. The normalized spacial score (nSPS) is 12.4. The monoisotopic (exact) mass is 274 g/mol. The van der Waals surface area contributed by atoms with Gasteiger partial charge in [-0.05, 0) is 13.3 Å². The van der Waals surface area contributed by atoms with E-state index in [1.54, 1.807) is 18.7 Å². The van der Waals surface area contributed by atoms with Gasteiger partial charge in [-0.15, -0.1) is 11.3 Å². The molecule has 1 unspecified atom stereocenters. The van der Waals surface area contributed by atoms with Gasteiger partial charge in [0, 0.05) is 22.9 Å². The molecule has 0 amide bonds. The predicted octanol–water partition coefficient (Wildman–Crippen LogP) is 2.29. The fourth-order valence-electron chi connectivity index (χ4n) is 1.09. The van der Waals surface area contributed by atoms with Gasteiger partial charge in [-0.1, -0.05) is 6.92 Å². The van der Waals surface area contributed by atoms with Crippen LogP contribution >= 0.6 is 23.1 Å². The van der Waals surface area contributed by atoms with Gasteiger partial charge in [0.1, 0.15) is 0 Å². The molecule has 0 saturated carbocycles. The molecule has 2 N–H and O–H groups in total. The fourth-order valence-corrected chi connectivity index (χ4v) is 2.92. The minimum Gasteiger partial charge on any atom is -0.461 e. The van der Waals surface area contributed by atoms with Crippen molar-refractivity contribution in [3.05, 3.63) is 16.1 Å². The molecule has 0 aliphatic carbocycles. The van der Waals surface area contributed by atoms with Gasteiger partial charge in [0.05, 0.1) is 12.3 Å². The Morgan fingerprint density at radius 2 is 2.41 bits per heavy atom. The van der Waals surface area contributed by atoms with Crippen LogP contribution in [0.5, 0.6) is 0 Å². The van der Waals surface area contributed by atoms with E-state index in [0.717, 1.165) is 23.6 Å². The van der Waals surface area contributed by atoms with E-state index in [1.165, 1.54) is 11.3 Å². The van der Waals surface area contributed by atoms with Crippen molar-refractivity contribution in [2.75, 3.05) is 12.4 Å². The zero-order chi connectivity index (χ0) is 12.7. The summed E-state index contributed by atoms with van der Waals surface area (Å²) in [6.45, 7) is 4.25. The molecule has 1 atom stereocenters. The van der Waals surface area contributed by atoms with Crippen LogP contribution in [0, 0.1) is 0 Å². The lowest BCUT2D eigenvalue weighted by Gasteiger charge is -2.06. The van der Waals surface area contributed by atoms with Crippen molar-refractivity contribution < 1.29 is 9.53 Å². The number of carbonyl (C=O) groups excluding carboxylic acids is 1. The van der Waals surface area contributed by atoms with Gasteiger partial charge in [0.25, 0.3) is 0 Å². The number of esters is 1.